The van der Waals surface area contributed by atoms with Gasteiger partial charge in [-0.05, 0) is 11.5 Å². The zero-order valence-corrected chi connectivity index (χ0v) is 14.8. The van der Waals surface area contributed by atoms with E-state index in [1.165, 1.54) is 12.8 Å². The molecule has 0 saturated carbocycles. The topological polar surface area (TPSA) is 66.4 Å². The molecule has 5 nitrogen and oxygen atoms in total. The van der Waals surface area contributed by atoms with Gasteiger partial charge < -0.3 is 9.59 Å². The summed E-state index contributed by atoms with van der Waals surface area (Å²) >= 11 is 0. The van der Waals surface area contributed by atoms with Crippen molar-refractivity contribution in [1.29, 1.82) is 0 Å². The predicted octanol–water partition coefficient (Wildman–Crippen LogP) is 1.72. The van der Waals surface area contributed by atoms with Gasteiger partial charge in [0.15, 0.2) is 0 Å². The lowest BCUT2D eigenvalue weighted by Crippen LogP contribution is -2.49. The fourth-order valence-corrected chi connectivity index (χ4v) is 4.87. The fraction of sp³-hybridized carbons (Fsp3) is 0.444. The van der Waals surface area contributed by atoms with Crippen molar-refractivity contribution in [3.63, 3.8) is 0 Å². The second-order valence-corrected chi connectivity index (χ2v) is 8.67. The normalized spacial score (nSPS) is 18.8. The first kappa shape index (κ1) is 17.4. The second kappa shape index (κ2) is 6.80. The number of aliphatic hydroxyl groups is 1. The average molecular weight is 349 g/mol. The molecule has 2 aromatic rings. The van der Waals surface area contributed by atoms with Crippen molar-refractivity contribution in [2.24, 2.45) is 0 Å². The fourth-order valence-electron chi connectivity index (χ4n) is 3.57. The first-order valence-corrected chi connectivity index (χ1v) is 9.87. The Morgan fingerprint density at radius 1 is 1.12 bits per heavy atom. The Hall–Kier alpha value is -1.47. The smallest absolute Gasteiger partial charge is 0.241 e. The molecule has 0 bridgehead atoms. The third kappa shape index (κ3) is 3.78. The molecular formula is C18H25N2O3S+. The molecule has 6 heteroatoms. The minimum absolute atomic E-state index is 0.0411. The molecule has 1 fully saturated rings. The van der Waals surface area contributed by atoms with Gasteiger partial charge in [0.05, 0.1) is 25.0 Å². The minimum atomic E-state index is -3.65. The molecule has 1 aliphatic rings. The summed E-state index contributed by atoms with van der Waals surface area (Å²) in [5, 5.41) is 11.8. The third-order valence-electron chi connectivity index (χ3n) is 4.85. The van der Waals surface area contributed by atoms with Crippen LogP contribution in [0, 0.1) is 0 Å². The molecule has 1 aliphatic heterocycles. The van der Waals surface area contributed by atoms with Gasteiger partial charge >= 0.3 is 0 Å². The number of sulfonamides is 1. The third-order valence-corrected chi connectivity index (χ3v) is 6.33. The summed E-state index contributed by atoms with van der Waals surface area (Å²) in [4.78, 5) is 0.259. The summed E-state index contributed by atoms with van der Waals surface area (Å²) in [5.74, 6) is 0. The molecule has 1 unspecified atom stereocenters. The van der Waals surface area contributed by atoms with E-state index < -0.39 is 16.1 Å². The van der Waals surface area contributed by atoms with Crippen molar-refractivity contribution < 1.29 is 18.0 Å². The summed E-state index contributed by atoms with van der Waals surface area (Å²) in [6.45, 7) is 2.72. The van der Waals surface area contributed by atoms with E-state index in [9.17, 15) is 13.5 Å². The highest BCUT2D eigenvalue weighted by molar-refractivity contribution is 7.89. The van der Waals surface area contributed by atoms with Crippen LogP contribution < -0.4 is 4.72 Å². The minimum Gasteiger partial charge on any atom is -0.386 e. The van der Waals surface area contributed by atoms with Crippen molar-refractivity contribution in [3.05, 3.63) is 42.5 Å². The number of nitrogens with one attached hydrogen (secondary N) is 1. The summed E-state index contributed by atoms with van der Waals surface area (Å²) in [6, 6.07) is 12.6. The first-order valence-electron chi connectivity index (χ1n) is 8.39. The van der Waals surface area contributed by atoms with Crippen LogP contribution in [0.25, 0.3) is 10.8 Å². The summed E-state index contributed by atoms with van der Waals surface area (Å²) in [6.07, 6.45) is 1.66. The highest BCUT2D eigenvalue weighted by atomic mass is 32.2. The van der Waals surface area contributed by atoms with E-state index in [4.69, 9.17) is 0 Å². The molecule has 1 atom stereocenters. The molecule has 1 heterocycles. The molecule has 2 N–H and O–H groups in total. The molecule has 2 aromatic carbocycles. The van der Waals surface area contributed by atoms with Gasteiger partial charge in [0, 0.05) is 24.8 Å². The number of fused-ring (bicyclic) bond motifs is 1. The van der Waals surface area contributed by atoms with E-state index in [0.29, 0.717) is 11.9 Å². The molecule has 0 aliphatic carbocycles. The second-order valence-electron chi connectivity index (χ2n) is 6.94. The molecule has 1 saturated heterocycles. The van der Waals surface area contributed by atoms with Crippen LogP contribution in [-0.2, 0) is 10.0 Å². The van der Waals surface area contributed by atoms with Gasteiger partial charge in [-0.15, -0.1) is 0 Å². The molecule has 0 amide bonds. The maximum Gasteiger partial charge on any atom is 0.241 e. The van der Waals surface area contributed by atoms with Crippen LogP contribution in [0.4, 0.5) is 0 Å². The average Bonchev–Trinajstić information content (AvgIpc) is 2.98. The molecule has 24 heavy (non-hydrogen) atoms. The Bertz CT molecular complexity index is 809. The highest BCUT2D eigenvalue weighted by Gasteiger charge is 2.30. The van der Waals surface area contributed by atoms with Crippen molar-refractivity contribution in [3.8, 4) is 0 Å². The van der Waals surface area contributed by atoms with Crippen LogP contribution in [0.5, 0.6) is 0 Å². The maximum absolute atomic E-state index is 12.6. The van der Waals surface area contributed by atoms with Gasteiger partial charge in [-0.2, -0.15) is 0 Å². The van der Waals surface area contributed by atoms with E-state index in [2.05, 4.69) is 11.8 Å². The predicted molar refractivity (Wildman–Crippen MR) is 95.2 cm³/mol. The standard InChI is InChI=1S/C18H25N2O3S/c1-20(11-4-5-12-20)14-16(21)13-19-24(22,23)18-10-6-8-15-7-2-3-9-17(15)18/h2-3,6-10,16,19,21H,4-5,11-14H2,1H3/q+1. The van der Waals surface area contributed by atoms with Crippen LogP contribution in [0.2, 0.25) is 0 Å². The lowest BCUT2D eigenvalue weighted by atomic mass is 10.1. The van der Waals surface area contributed by atoms with Crippen molar-refractivity contribution >= 4 is 20.8 Å². The van der Waals surface area contributed by atoms with Crippen LogP contribution in [0.3, 0.4) is 0 Å². The summed E-state index contributed by atoms with van der Waals surface area (Å²) in [7, 11) is -1.53. The van der Waals surface area contributed by atoms with E-state index in [-0.39, 0.29) is 11.4 Å². The Morgan fingerprint density at radius 2 is 1.79 bits per heavy atom. The zero-order chi connectivity index (χ0) is 17.2. The van der Waals surface area contributed by atoms with E-state index in [1.54, 1.807) is 18.2 Å². The molecule has 0 radical (unpaired) electrons. The molecule has 130 valence electrons. The van der Waals surface area contributed by atoms with E-state index in [1.807, 2.05) is 24.3 Å². The number of rotatable bonds is 6. The van der Waals surface area contributed by atoms with Crippen molar-refractivity contribution in [2.45, 2.75) is 23.8 Å². The molecule has 3 rings (SSSR count). The van der Waals surface area contributed by atoms with Crippen molar-refractivity contribution in [2.75, 3.05) is 33.2 Å². The van der Waals surface area contributed by atoms with Gasteiger partial charge in [0.25, 0.3) is 0 Å². The van der Waals surface area contributed by atoms with E-state index in [0.717, 1.165) is 23.0 Å². The summed E-state index contributed by atoms with van der Waals surface area (Å²) < 4.78 is 28.7. The number of hydrogen-bond donors (Lipinski definition) is 2. The summed E-state index contributed by atoms with van der Waals surface area (Å²) in [5.41, 5.74) is 0. The van der Waals surface area contributed by atoms with Crippen LogP contribution in [0.1, 0.15) is 12.8 Å². The van der Waals surface area contributed by atoms with Crippen LogP contribution in [0.15, 0.2) is 47.4 Å². The van der Waals surface area contributed by atoms with E-state index >= 15 is 0 Å². The highest BCUT2D eigenvalue weighted by Crippen LogP contribution is 2.22. The SMILES string of the molecule is C[N+]1(CC(O)CNS(=O)(=O)c2cccc3ccccc23)CCCC1. The number of likely N-dealkylation sites (tertiary alicyclic amines) is 1. The Morgan fingerprint density at radius 3 is 2.54 bits per heavy atom. The monoisotopic (exact) mass is 349 g/mol. The Kier molecular flexibility index (Phi) is 4.92. The number of benzene rings is 2. The lowest BCUT2D eigenvalue weighted by Gasteiger charge is -2.31. The van der Waals surface area contributed by atoms with Gasteiger partial charge in [-0.25, -0.2) is 13.1 Å². The van der Waals surface area contributed by atoms with Gasteiger partial charge in [0.1, 0.15) is 12.6 Å². The number of hydrogen-bond acceptors (Lipinski definition) is 3. The number of aliphatic hydroxyl groups excluding tert-OH is 1. The largest absolute Gasteiger partial charge is 0.386 e. The van der Waals surface area contributed by atoms with Gasteiger partial charge in [-0.3, -0.25) is 0 Å². The Labute approximate surface area is 143 Å². The number of nitrogens with zero attached hydrogens (tertiary/aromatic N) is 1. The Balaban J connectivity index is 1.71. The van der Waals surface area contributed by atoms with Crippen LogP contribution >= 0.6 is 0 Å². The molecule has 0 spiro atoms. The number of quaternary nitrogens is 1. The maximum atomic E-state index is 12.6. The van der Waals surface area contributed by atoms with Gasteiger partial charge in [-0.1, -0.05) is 36.4 Å². The van der Waals surface area contributed by atoms with Gasteiger partial charge in [0.2, 0.25) is 10.0 Å². The molecule has 0 aromatic heterocycles. The van der Waals surface area contributed by atoms with Crippen LogP contribution in [-0.4, -0.2) is 57.3 Å². The van der Waals surface area contributed by atoms with Crippen molar-refractivity contribution in [1.82, 2.24) is 4.72 Å². The number of likely N-dealkylation sites (N-methyl/N-ethyl adjacent to an activating group) is 1. The quantitative estimate of drug-likeness (QED) is 0.781. The zero-order valence-electron chi connectivity index (χ0n) is 14.0. The molecular weight excluding hydrogens is 324 g/mol. The lowest BCUT2D eigenvalue weighted by molar-refractivity contribution is -0.900. The first-order chi connectivity index (χ1) is 11.4.